The highest BCUT2D eigenvalue weighted by molar-refractivity contribution is 6.32. The van der Waals surface area contributed by atoms with Crippen LogP contribution >= 0.6 is 11.6 Å². The number of aromatic nitrogens is 1. The molecule has 0 radical (unpaired) electrons. The number of nitrogens with two attached hydrogens (primary N) is 1. The largest absolute Gasteiger partial charge is 0.480 e. The van der Waals surface area contributed by atoms with E-state index in [-0.39, 0.29) is 6.04 Å². The van der Waals surface area contributed by atoms with Crippen LogP contribution in [-0.2, 0) is 0 Å². The zero-order valence-electron chi connectivity index (χ0n) is 10.1. The van der Waals surface area contributed by atoms with E-state index in [9.17, 15) is 0 Å². The van der Waals surface area contributed by atoms with Crippen LogP contribution in [0.2, 0.25) is 5.02 Å². The van der Waals surface area contributed by atoms with Crippen molar-refractivity contribution in [2.45, 2.75) is 6.04 Å². The third kappa shape index (κ3) is 2.33. The first-order chi connectivity index (χ1) is 8.65. The lowest BCUT2D eigenvalue weighted by atomic mass is 10.1. The lowest BCUT2D eigenvalue weighted by Gasteiger charge is -2.22. The Morgan fingerprint density at radius 2 is 2.33 bits per heavy atom. The Labute approximate surface area is 110 Å². The number of methoxy groups -OCH3 is 1. The third-order valence-electron chi connectivity index (χ3n) is 2.54. The monoisotopic (exact) mass is 267 g/mol. The molecule has 0 saturated heterocycles. The number of ether oxygens (including phenoxy) is 1. The molecule has 4 N–H and O–H groups in total. The predicted molar refractivity (Wildman–Crippen MR) is 70.4 cm³/mol. The highest BCUT2D eigenvalue weighted by Crippen LogP contribution is 2.31. The Balaban J connectivity index is 2.38. The molecule has 1 aromatic rings. The molecule has 0 aliphatic carbocycles. The lowest BCUT2D eigenvalue weighted by Crippen LogP contribution is -2.38. The second-order valence-electron chi connectivity index (χ2n) is 3.64. The summed E-state index contributed by atoms with van der Waals surface area (Å²) < 4.78 is 5.09. The minimum Gasteiger partial charge on any atom is -0.480 e. The van der Waals surface area contributed by atoms with Crippen molar-refractivity contribution in [2.24, 2.45) is 10.7 Å². The fraction of sp³-hybridized carbons (Fsp3) is 0.273. The number of hydrogen-bond donors (Lipinski definition) is 3. The molecule has 0 spiro atoms. The molecule has 1 atom stereocenters. The van der Waals surface area contributed by atoms with E-state index in [1.54, 1.807) is 13.2 Å². The molecule has 1 aliphatic heterocycles. The van der Waals surface area contributed by atoms with E-state index in [1.807, 2.05) is 12.1 Å². The van der Waals surface area contributed by atoms with Gasteiger partial charge in [0, 0.05) is 18.8 Å². The van der Waals surface area contributed by atoms with Gasteiger partial charge in [-0.2, -0.15) is 4.99 Å². The van der Waals surface area contributed by atoms with Gasteiger partial charge in [-0.05, 0) is 12.1 Å². The van der Waals surface area contributed by atoms with Crippen LogP contribution in [0.1, 0.15) is 11.6 Å². The summed E-state index contributed by atoms with van der Waals surface area (Å²) in [5.41, 5.74) is 6.55. The first-order valence-electron chi connectivity index (χ1n) is 5.34. The maximum atomic E-state index is 6.22. The van der Waals surface area contributed by atoms with Crippen molar-refractivity contribution < 1.29 is 4.74 Å². The van der Waals surface area contributed by atoms with Crippen molar-refractivity contribution in [1.29, 1.82) is 0 Å². The van der Waals surface area contributed by atoms with Crippen LogP contribution in [0.4, 0.5) is 0 Å². The summed E-state index contributed by atoms with van der Waals surface area (Å²) in [5.74, 6) is 1.40. The van der Waals surface area contributed by atoms with Crippen LogP contribution in [0.3, 0.4) is 0 Å². The Morgan fingerprint density at radius 3 is 3.00 bits per heavy atom. The average Bonchev–Trinajstić information content (AvgIpc) is 2.38. The van der Waals surface area contributed by atoms with Crippen molar-refractivity contribution in [3.8, 4) is 5.88 Å². The van der Waals surface area contributed by atoms with Crippen molar-refractivity contribution in [3.63, 3.8) is 0 Å². The number of aliphatic imine (C=N–C) groups is 1. The van der Waals surface area contributed by atoms with Crippen molar-refractivity contribution in [1.82, 2.24) is 15.6 Å². The second kappa shape index (κ2) is 5.14. The number of halogens is 1. The van der Waals surface area contributed by atoms with Crippen LogP contribution in [0.5, 0.6) is 5.88 Å². The van der Waals surface area contributed by atoms with Crippen LogP contribution in [0.15, 0.2) is 29.2 Å². The van der Waals surface area contributed by atoms with Gasteiger partial charge in [-0.3, -0.25) is 0 Å². The van der Waals surface area contributed by atoms with E-state index in [1.165, 1.54) is 7.11 Å². The van der Waals surface area contributed by atoms with Gasteiger partial charge < -0.3 is 21.1 Å². The quantitative estimate of drug-likeness (QED) is 0.753. The van der Waals surface area contributed by atoms with Gasteiger partial charge >= 0.3 is 0 Å². The summed E-state index contributed by atoms with van der Waals surface area (Å²) in [5, 5.41) is 6.44. The van der Waals surface area contributed by atoms with Gasteiger partial charge in [0.15, 0.2) is 5.96 Å². The summed E-state index contributed by atoms with van der Waals surface area (Å²) >= 11 is 6.22. The Kier molecular flexibility index (Phi) is 3.57. The van der Waals surface area contributed by atoms with Crippen molar-refractivity contribution in [2.75, 3.05) is 14.2 Å². The molecule has 1 unspecified atom stereocenters. The fourth-order valence-corrected chi connectivity index (χ4v) is 1.99. The summed E-state index contributed by atoms with van der Waals surface area (Å²) in [7, 11) is 3.30. The molecule has 0 bridgehead atoms. The highest BCUT2D eigenvalue weighted by atomic mass is 35.5. The zero-order chi connectivity index (χ0) is 13.1. The second-order valence-corrected chi connectivity index (χ2v) is 4.02. The number of nitrogens with zero attached hydrogens (tertiary/aromatic N) is 2. The van der Waals surface area contributed by atoms with Gasteiger partial charge in [0.25, 0.3) is 0 Å². The first-order valence-corrected chi connectivity index (χ1v) is 5.72. The van der Waals surface area contributed by atoms with E-state index < -0.39 is 0 Å². The fourth-order valence-electron chi connectivity index (χ4n) is 1.69. The van der Waals surface area contributed by atoms with Gasteiger partial charge in [0.2, 0.25) is 5.88 Å². The van der Waals surface area contributed by atoms with E-state index in [0.29, 0.717) is 22.7 Å². The van der Waals surface area contributed by atoms with Crippen molar-refractivity contribution >= 4 is 17.6 Å². The highest BCUT2D eigenvalue weighted by Gasteiger charge is 2.20. The van der Waals surface area contributed by atoms with E-state index in [0.717, 1.165) is 5.56 Å². The minimum atomic E-state index is -0.172. The SMILES string of the molecule is CNC1=CC(c2ccnc(OC)c2Cl)NC(N)=N1. The maximum absolute atomic E-state index is 6.22. The Bertz CT molecular complexity index is 514. The van der Waals surface area contributed by atoms with Crippen LogP contribution < -0.4 is 21.1 Å². The normalized spacial score (nSPS) is 18.5. The number of hydrogen-bond acceptors (Lipinski definition) is 6. The zero-order valence-corrected chi connectivity index (χ0v) is 10.8. The van der Waals surface area contributed by atoms with Crippen LogP contribution in [-0.4, -0.2) is 25.1 Å². The minimum absolute atomic E-state index is 0.172. The molecule has 2 rings (SSSR count). The Morgan fingerprint density at radius 1 is 1.56 bits per heavy atom. The van der Waals surface area contributed by atoms with E-state index >= 15 is 0 Å². The number of pyridine rings is 1. The predicted octanol–water partition coefficient (Wildman–Crippen LogP) is 0.763. The molecule has 18 heavy (non-hydrogen) atoms. The molecule has 0 saturated carbocycles. The standard InChI is InChI=1S/C11H14ClN5O/c1-14-8-5-7(16-11(13)17-8)6-3-4-15-10(18-2)9(6)12/h3-5,7,14H,1-2H3,(H3,13,16,17). The molecule has 0 aromatic carbocycles. The lowest BCUT2D eigenvalue weighted by molar-refractivity contribution is 0.397. The van der Waals surface area contributed by atoms with Gasteiger partial charge in [-0.15, -0.1) is 0 Å². The molecule has 7 heteroatoms. The topological polar surface area (TPSA) is 84.6 Å². The molecule has 0 amide bonds. The number of rotatable bonds is 3. The van der Waals surface area contributed by atoms with Crippen LogP contribution in [0.25, 0.3) is 0 Å². The molecular weight excluding hydrogens is 254 g/mol. The van der Waals surface area contributed by atoms with Crippen molar-refractivity contribution in [3.05, 3.63) is 34.7 Å². The van der Waals surface area contributed by atoms with Gasteiger partial charge in [-0.1, -0.05) is 11.6 Å². The average molecular weight is 268 g/mol. The maximum Gasteiger partial charge on any atom is 0.232 e. The van der Waals surface area contributed by atoms with E-state index in [4.69, 9.17) is 22.1 Å². The Hall–Kier alpha value is -1.95. The molecule has 1 aromatic heterocycles. The van der Waals surface area contributed by atoms with Crippen LogP contribution in [0, 0.1) is 0 Å². The third-order valence-corrected chi connectivity index (χ3v) is 2.92. The molecule has 96 valence electrons. The summed E-state index contributed by atoms with van der Waals surface area (Å²) in [4.78, 5) is 8.12. The van der Waals surface area contributed by atoms with E-state index in [2.05, 4.69) is 20.6 Å². The summed E-state index contributed by atoms with van der Waals surface area (Å²) in [6.07, 6.45) is 3.52. The number of guanidine groups is 1. The van der Waals surface area contributed by atoms with Gasteiger partial charge in [-0.25, -0.2) is 4.98 Å². The first kappa shape index (κ1) is 12.5. The smallest absolute Gasteiger partial charge is 0.232 e. The van der Waals surface area contributed by atoms with Gasteiger partial charge in [0.1, 0.15) is 10.8 Å². The molecule has 0 fully saturated rings. The van der Waals surface area contributed by atoms with Gasteiger partial charge in [0.05, 0.1) is 13.2 Å². The number of nitrogens with one attached hydrogen (secondary N) is 2. The summed E-state index contributed by atoms with van der Waals surface area (Å²) in [6, 6.07) is 1.64. The molecule has 2 heterocycles. The molecular formula is C11H14ClN5O. The molecule has 1 aliphatic rings. The molecule has 6 nitrogen and oxygen atoms in total. The summed E-state index contributed by atoms with van der Waals surface area (Å²) in [6.45, 7) is 0.